The number of rotatable bonds is 3. The molecule has 0 bridgehead atoms. The van der Waals surface area contributed by atoms with E-state index < -0.39 is 12.1 Å². The van der Waals surface area contributed by atoms with Crippen LogP contribution in [0, 0.1) is 6.92 Å². The Bertz CT molecular complexity index is 713. The number of aromatic nitrogens is 1. The van der Waals surface area contributed by atoms with Crippen molar-refractivity contribution in [1.82, 2.24) is 10.1 Å². The number of carbonyl (C=O) groups is 2. The summed E-state index contributed by atoms with van der Waals surface area (Å²) >= 11 is 0. The number of nitrogens with zero attached hydrogens (tertiary/aromatic N) is 2. The maximum Gasteiger partial charge on any atom is 0.257 e. The van der Waals surface area contributed by atoms with E-state index >= 15 is 0 Å². The van der Waals surface area contributed by atoms with Crippen LogP contribution in [0.15, 0.2) is 40.9 Å². The monoisotopic (exact) mass is 315 g/mol. The molecule has 1 saturated heterocycles. The molecule has 7 heteroatoms. The Morgan fingerprint density at radius 1 is 1.35 bits per heavy atom. The SMILES string of the molecule is Cc1cc(NC(=O)[C@H]2OCC(=O)N(C)[C@H]2c2ccccc2)no1. The largest absolute Gasteiger partial charge is 0.360 e. The minimum Gasteiger partial charge on any atom is -0.360 e. The highest BCUT2D eigenvalue weighted by molar-refractivity contribution is 5.95. The van der Waals surface area contributed by atoms with Crippen LogP contribution in [0.25, 0.3) is 0 Å². The Balaban J connectivity index is 1.85. The normalized spacial score (nSPS) is 21.3. The van der Waals surface area contributed by atoms with Crippen LogP contribution in [-0.2, 0) is 14.3 Å². The zero-order valence-electron chi connectivity index (χ0n) is 12.9. The predicted octanol–water partition coefficient (Wildman–Crippen LogP) is 1.52. The number of hydrogen-bond acceptors (Lipinski definition) is 5. The summed E-state index contributed by atoms with van der Waals surface area (Å²) in [5.74, 6) is 0.380. The number of anilines is 1. The highest BCUT2D eigenvalue weighted by atomic mass is 16.5. The van der Waals surface area contributed by atoms with Crippen molar-refractivity contribution in [3.8, 4) is 0 Å². The smallest absolute Gasteiger partial charge is 0.257 e. The third-order valence-corrected chi connectivity index (χ3v) is 3.76. The molecule has 1 aliphatic heterocycles. The molecule has 23 heavy (non-hydrogen) atoms. The van der Waals surface area contributed by atoms with E-state index in [0.29, 0.717) is 11.6 Å². The van der Waals surface area contributed by atoms with Gasteiger partial charge in [0.25, 0.3) is 5.91 Å². The first-order chi connectivity index (χ1) is 11.1. The third kappa shape index (κ3) is 3.09. The van der Waals surface area contributed by atoms with Gasteiger partial charge in [-0.1, -0.05) is 35.5 Å². The number of ether oxygens (including phenoxy) is 1. The van der Waals surface area contributed by atoms with Crippen LogP contribution in [0.5, 0.6) is 0 Å². The number of morpholine rings is 1. The van der Waals surface area contributed by atoms with Crippen molar-refractivity contribution in [2.24, 2.45) is 0 Å². The first-order valence-corrected chi connectivity index (χ1v) is 7.22. The molecule has 7 nitrogen and oxygen atoms in total. The highest BCUT2D eigenvalue weighted by Gasteiger charge is 2.40. The Morgan fingerprint density at radius 3 is 2.74 bits per heavy atom. The van der Waals surface area contributed by atoms with Gasteiger partial charge >= 0.3 is 0 Å². The lowest BCUT2D eigenvalue weighted by atomic mass is 9.97. The van der Waals surface area contributed by atoms with Gasteiger partial charge in [0.1, 0.15) is 12.4 Å². The molecule has 1 aliphatic rings. The van der Waals surface area contributed by atoms with Crippen molar-refractivity contribution in [1.29, 1.82) is 0 Å². The van der Waals surface area contributed by atoms with Crippen molar-refractivity contribution < 1.29 is 18.8 Å². The van der Waals surface area contributed by atoms with Crippen molar-refractivity contribution in [2.45, 2.75) is 19.1 Å². The molecule has 1 fully saturated rings. The number of benzene rings is 1. The quantitative estimate of drug-likeness (QED) is 0.928. The number of nitrogens with one attached hydrogen (secondary N) is 1. The molecule has 2 atom stereocenters. The van der Waals surface area contributed by atoms with E-state index in [1.807, 2.05) is 30.3 Å². The van der Waals surface area contributed by atoms with E-state index in [9.17, 15) is 9.59 Å². The van der Waals surface area contributed by atoms with Gasteiger partial charge in [0, 0.05) is 13.1 Å². The van der Waals surface area contributed by atoms with E-state index in [1.165, 1.54) is 4.90 Å². The fourth-order valence-electron chi connectivity index (χ4n) is 2.60. The van der Waals surface area contributed by atoms with Gasteiger partial charge in [0.05, 0.1) is 6.04 Å². The van der Waals surface area contributed by atoms with E-state index in [4.69, 9.17) is 9.26 Å². The first-order valence-electron chi connectivity index (χ1n) is 7.22. The van der Waals surface area contributed by atoms with Crippen LogP contribution in [0.3, 0.4) is 0 Å². The lowest BCUT2D eigenvalue weighted by molar-refractivity contribution is -0.160. The molecule has 0 unspecified atom stereocenters. The molecule has 120 valence electrons. The fourth-order valence-corrected chi connectivity index (χ4v) is 2.60. The molecule has 1 aromatic carbocycles. The Labute approximate surface area is 133 Å². The molecular weight excluding hydrogens is 298 g/mol. The lowest BCUT2D eigenvalue weighted by Gasteiger charge is -2.38. The van der Waals surface area contributed by atoms with Gasteiger partial charge in [-0.05, 0) is 12.5 Å². The second-order valence-electron chi connectivity index (χ2n) is 5.40. The predicted molar refractivity (Wildman–Crippen MR) is 81.6 cm³/mol. The van der Waals surface area contributed by atoms with Crippen LogP contribution in [0.1, 0.15) is 17.4 Å². The Kier molecular flexibility index (Phi) is 4.12. The summed E-state index contributed by atoms with van der Waals surface area (Å²) in [5, 5.41) is 6.40. The minimum atomic E-state index is -0.822. The van der Waals surface area contributed by atoms with E-state index in [0.717, 1.165) is 5.56 Å². The number of likely N-dealkylation sites (N-methyl/N-ethyl adjacent to an activating group) is 1. The van der Waals surface area contributed by atoms with Gasteiger partial charge < -0.3 is 19.5 Å². The molecule has 2 amide bonds. The molecule has 0 aliphatic carbocycles. The summed E-state index contributed by atoms with van der Waals surface area (Å²) in [6.07, 6.45) is -0.822. The number of amides is 2. The van der Waals surface area contributed by atoms with E-state index in [-0.39, 0.29) is 18.4 Å². The third-order valence-electron chi connectivity index (χ3n) is 3.76. The Hall–Kier alpha value is -2.67. The van der Waals surface area contributed by atoms with Crippen LogP contribution in [-0.4, -0.2) is 41.6 Å². The lowest BCUT2D eigenvalue weighted by Crippen LogP contribution is -2.51. The van der Waals surface area contributed by atoms with Gasteiger partial charge in [-0.3, -0.25) is 9.59 Å². The van der Waals surface area contributed by atoms with Gasteiger partial charge in [0.15, 0.2) is 11.9 Å². The van der Waals surface area contributed by atoms with Crippen molar-refractivity contribution in [3.05, 3.63) is 47.7 Å². The van der Waals surface area contributed by atoms with Crippen LogP contribution >= 0.6 is 0 Å². The zero-order valence-corrected chi connectivity index (χ0v) is 12.9. The second-order valence-corrected chi connectivity index (χ2v) is 5.40. The molecule has 0 saturated carbocycles. The van der Waals surface area contributed by atoms with Gasteiger partial charge in [0.2, 0.25) is 5.91 Å². The summed E-state index contributed by atoms with van der Waals surface area (Å²) in [6, 6.07) is 10.4. The van der Waals surface area contributed by atoms with Gasteiger partial charge in [-0.15, -0.1) is 0 Å². The highest BCUT2D eigenvalue weighted by Crippen LogP contribution is 2.29. The molecular formula is C16H17N3O4. The second kappa shape index (κ2) is 6.21. The standard InChI is InChI=1S/C16H17N3O4/c1-10-8-12(18-23-10)17-16(21)15-14(11-6-4-3-5-7-11)19(2)13(20)9-22-15/h3-8,14-15H,9H2,1-2H3,(H,17,18,21)/t14-,15-/m0/s1. The fraction of sp³-hybridized carbons (Fsp3) is 0.312. The average molecular weight is 315 g/mol. The molecule has 3 rings (SSSR count). The molecule has 1 N–H and O–H groups in total. The molecule has 0 spiro atoms. The Morgan fingerprint density at radius 2 is 2.09 bits per heavy atom. The summed E-state index contributed by atoms with van der Waals surface area (Å²) in [4.78, 5) is 26.0. The van der Waals surface area contributed by atoms with Crippen LogP contribution < -0.4 is 5.32 Å². The van der Waals surface area contributed by atoms with Gasteiger partial charge in [-0.25, -0.2) is 0 Å². The topological polar surface area (TPSA) is 84.7 Å². The van der Waals surface area contributed by atoms with E-state index in [2.05, 4.69) is 10.5 Å². The molecule has 2 aromatic rings. The van der Waals surface area contributed by atoms with Crippen molar-refractivity contribution in [3.63, 3.8) is 0 Å². The summed E-state index contributed by atoms with van der Waals surface area (Å²) in [6.45, 7) is 1.61. The maximum atomic E-state index is 12.6. The molecule has 2 heterocycles. The van der Waals surface area contributed by atoms with Crippen LogP contribution in [0.4, 0.5) is 5.82 Å². The molecule has 0 radical (unpaired) electrons. The molecule has 1 aromatic heterocycles. The number of aryl methyl sites for hydroxylation is 1. The van der Waals surface area contributed by atoms with Crippen molar-refractivity contribution >= 4 is 17.6 Å². The minimum absolute atomic E-state index is 0.129. The van der Waals surface area contributed by atoms with Crippen LogP contribution in [0.2, 0.25) is 0 Å². The number of carbonyl (C=O) groups excluding carboxylic acids is 2. The van der Waals surface area contributed by atoms with Gasteiger partial charge in [-0.2, -0.15) is 0 Å². The maximum absolute atomic E-state index is 12.6. The number of hydrogen-bond donors (Lipinski definition) is 1. The zero-order chi connectivity index (χ0) is 16.4. The van der Waals surface area contributed by atoms with Crippen molar-refractivity contribution in [2.75, 3.05) is 19.0 Å². The summed E-state index contributed by atoms with van der Waals surface area (Å²) in [5.41, 5.74) is 0.833. The first kappa shape index (κ1) is 15.2. The van der Waals surface area contributed by atoms with E-state index in [1.54, 1.807) is 20.0 Å². The summed E-state index contributed by atoms with van der Waals surface area (Å²) < 4.78 is 10.4. The average Bonchev–Trinajstić information content (AvgIpc) is 2.95. The summed E-state index contributed by atoms with van der Waals surface area (Å²) in [7, 11) is 1.67.